The molecule has 3 aromatic rings. The standard InChI is InChI=1S/C14H14ClN5O/c1-20-14-12(8-19-20)13(17-9-18-14)16-6-7-21-11-4-2-10(15)3-5-11/h2-5,8-9H,6-7H2,1H3,(H,16,17,18). The molecule has 1 aromatic carbocycles. The number of nitrogens with zero attached hydrogens (tertiary/aromatic N) is 4. The summed E-state index contributed by atoms with van der Waals surface area (Å²) in [6, 6.07) is 7.28. The van der Waals surface area contributed by atoms with Gasteiger partial charge < -0.3 is 10.1 Å². The Bertz CT molecular complexity index is 741. The SMILES string of the molecule is Cn1ncc2c(NCCOc3ccc(Cl)cc3)ncnc21. The van der Waals surface area contributed by atoms with Crippen LogP contribution in [0.4, 0.5) is 5.82 Å². The molecule has 0 aliphatic carbocycles. The first-order valence-corrected chi connectivity index (χ1v) is 6.87. The predicted octanol–water partition coefficient (Wildman–Crippen LogP) is 2.51. The molecule has 6 nitrogen and oxygen atoms in total. The van der Waals surface area contributed by atoms with E-state index >= 15 is 0 Å². The molecule has 0 radical (unpaired) electrons. The molecule has 0 fully saturated rings. The third-order valence-electron chi connectivity index (χ3n) is 3.01. The van der Waals surface area contributed by atoms with Gasteiger partial charge in [0, 0.05) is 12.1 Å². The molecular formula is C14H14ClN5O. The lowest BCUT2D eigenvalue weighted by molar-refractivity contribution is 0.333. The fraction of sp³-hybridized carbons (Fsp3) is 0.214. The first-order chi connectivity index (χ1) is 10.2. The van der Waals surface area contributed by atoms with Crippen molar-refractivity contribution in [1.29, 1.82) is 0 Å². The van der Waals surface area contributed by atoms with E-state index in [1.807, 2.05) is 19.2 Å². The van der Waals surface area contributed by atoms with Crippen LogP contribution in [0.3, 0.4) is 0 Å². The van der Waals surface area contributed by atoms with E-state index in [4.69, 9.17) is 16.3 Å². The molecule has 108 valence electrons. The molecule has 0 bridgehead atoms. The summed E-state index contributed by atoms with van der Waals surface area (Å²) in [7, 11) is 1.85. The van der Waals surface area contributed by atoms with Gasteiger partial charge in [-0.1, -0.05) is 11.6 Å². The number of halogens is 1. The number of rotatable bonds is 5. The molecule has 3 rings (SSSR count). The molecule has 0 amide bonds. The Kier molecular flexibility index (Phi) is 3.87. The zero-order chi connectivity index (χ0) is 14.7. The number of aromatic nitrogens is 4. The van der Waals surface area contributed by atoms with Gasteiger partial charge in [0.15, 0.2) is 5.65 Å². The van der Waals surface area contributed by atoms with Gasteiger partial charge in [-0.25, -0.2) is 9.97 Å². The lowest BCUT2D eigenvalue weighted by Gasteiger charge is -2.08. The second-order valence-electron chi connectivity index (χ2n) is 4.46. The highest BCUT2D eigenvalue weighted by Crippen LogP contribution is 2.18. The van der Waals surface area contributed by atoms with Gasteiger partial charge in [-0.05, 0) is 24.3 Å². The predicted molar refractivity (Wildman–Crippen MR) is 81.7 cm³/mol. The maximum atomic E-state index is 5.82. The number of benzene rings is 1. The van der Waals surface area contributed by atoms with Gasteiger partial charge in [0.1, 0.15) is 24.5 Å². The van der Waals surface area contributed by atoms with Crippen molar-refractivity contribution in [3.63, 3.8) is 0 Å². The van der Waals surface area contributed by atoms with Crippen molar-refractivity contribution < 1.29 is 4.74 Å². The van der Waals surface area contributed by atoms with Crippen LogP contribution in [0, 0.1) is 0 Å². The van der Waals surface area contributed by atoms with Gasteiger partial charge in [-0.2, -0.15) is 5.10 Å². The highest BCUT2D eigenvalue weighted by Gasteiger charge is 2.06. The average molecular weight is 304 g/mol. The van der Waals surface area contributed by atoms with E-state index in [2.05, 4.69) is 20.4 Å². The summed E-state index contributed by atoms with van der Waals surface area (Å²) in [4.78, 5) is 8.42. The van der Waals surface area contributed by atoms with Gasteiger partial charge >= 0.3 is 0 Å². The normalized spacial score (nSPS) is 10.8. The van der Waals surface area contributed by atoms with Crippen molar-refractivity contribution >= 4 is 28.5 Å². The maximum Gasteiger partial charge on any atom is 0.163 e. The quantitative estimate of drug-likeness (QED) is 0.734. The minimum atomic E-state index is 0.521. The highest BCUT2D eigenvalue weighted by atomic mass is 35.5. The fourth-order valence-corrected chi connectivity index (χ4v) is 2.10. The Hall–Kier alpha value is -2.34. The van der Waals surface area contributed by atoms with Crippen LogP contribution in [0.1, 0.15) is 0 Å². The minimum absolute atomic E-state index is 0.521. The van der Waals surface area contributed by atoms with E-state index < -0.39 is 0 Å². The summed E-state index contributed by atoms with van der Waals surface area (Å²) in [6.45, 7) is 1.15. The molecule has 21 heavy (non-hydrogen) atoms. The molecule has 0 spiro atoms. The Labute approximate surface area is 126 Å². The Morgan fingerprint density at radius 3 is 2.86 bits per heavy atom. The number of ether oxygens (including phenoxy) is 1. The molecule has 2 aromatic heterocycles. The molecule has 0 unspecified atom stereocenters. The number of aryl methyl sites for hydroxylation is 1. The summed E-state index contributed by atoms with van der Waals surface area (Å²) in [5.41, 5.74) is 0.797. The van der Waals surface area contributed by atoms with Gasteiger partial charge in [0.05, 0.1) is 18.1 Å². The molecule has 0 aliphatic heterocycles. The van der Waals surface area contributed by atoms with E-state index in [1.54, 1.807) is 23.0 Å². The molecule has 2 heterocycles. The van der Waals surface area contributed by atoms with E-state index in [-0.39, 0.29) is 0 Å². The van der Waals surface area contributed by atoms with Gasteiger partial charge in [-0.3, -0.25) is 4.68 Å². The van der Waals surface area contributed by atoms with Crippen molar-refractivity contribution in [1.82, 2.24) is 19.7 Å². The van der Waals surface area contributed by atoms with Crippen LogP contribution in [-0.4, -0.2) is 32.9 Å². The van der Waals surface area contributed by atoms with Crippen LogP contribution < -0.4 is 10.1 Å². The number of nitrogens with one attached hydrogen (secondary N) is 1. The third-order valence-corrected chi connectivity index (χ3v) is 3.26. The topological polar surface area (TPSA) is 64.9 Å². The Balaban J connectivity index is 1.58. The van der Waals surface area contributed by atoms with E-state index in [9.17, 15) is 0 Å². The zero-order valence-corrected chi connectivity index (χ0v) is 12.2. The van der Waals surface area contributed by atoms with Crippen LogP contribution in [0.25, 0.3) is 11.0 Å². The lowest BCUT2D eigenvalue weighted by atomic mass is 10.3. The van der Waals surface area contributed by atoms with Gasteiger partial charge in [-0.15, -0.1) is 0 Å². The van der Waals surface area contributed by atoms with Crippen LogP contribution in [0.2, 0.25) is 5.02 Å². The molecule has 1 N–H and O–H groups in total. The van der Waals surface area contributed by atoms with E-state index in [0.717, 1.165) is 22.6 Å². The minimum Gasteiger partial charge on any atom is -0.492 e. The van der Waals surface area contributed by atoms with Crippen molar-refractivity contribution in [2.24, 2.45) is 7.05 Å². The summed E-state index contributed by atoms with van der Waals surface area (Å²) in [5.74, 6) is 1.54. The second-order valence-corrected chi connectivity index (χ2v) is 4.89. The Morgan fingerprint density at radius 1 is 1.24 bits per heavy atom. The van der Waals surface area contributed by atoms with Crippen LogP contribution in [0.15, 0.2) is 36.8 Å². The molecule has 0 saturated heterocycles. The van der Waals surface area contributed by atoms with Crippen molar-refractivity contribution in [2.45, 2.75) is 0 Å². The molecular weight excluding hydrogens is 290 g/mol. The fourth-order valence-electron chi connectivity index (χ4n) is 1.97. The van der Waals surface area contributed by atoms with Crippen molar-refractivity contribution in [3.05, 3.63) is 41.8 Å². The second kappa shape index (κ2) is 5.97. The van der Waals surface area contributed by atoms with Crippen molar-refractivity contribution in [2.75, 3.05) is 18.5 Å². The lowest BCUT2D eigenvalue weighted by Crippen LogP contribution is -2.12. The van der Waals surface area contributed by atoms with E-state index in [0.29, 0.717) is 18.2 Å². The number of anilines is 1. The Morgan fingerprint density at radius 2 is 2.05 bits per heavy atom. The third kappa shape index (κ3) is 3.05. The first kappa shape index (κ1) is 13.6. The van der Waals surface area contributed by atoms with Crippen LogP contribution in [-0.2, 0) is 7.05 Å². The van der Waals surface area contributed by atoms with Crippen LogP contribution >= 0.6 is 11.6 Å². The van der Waals surface area contributed by atoms with Gasteiger partial charge in [0.25, 0.3) is 0 Å². The van der Waals surface area contributed by atoms with Crippen LogP contribution in [0.5, 0.6) is 5.75 Å². The summed E-state index contributed by atoms with van der Waals surface area (Å²) < 4.78 is 7.33. The number of fused-ring (bicyclic) bond motifs is 1. The van der Waals surface area contributed by atoms with E-state index in [1.165, 1.54) is 6.33 Å². The summed E-state index contributed by atoms with van der Waals surface area (Å²) in [5, 5.41) is 8.99. The zero-order valence-electron chi connectivity index (χ0n) is 11.5. The molecule has 0 atom stereocenters. The number of hydrogen-bond donors (Lipinski definition) is 1. The molecule has 0 saturated carbocycles. The molecule has 7 heteroatoms. The summed E-state index contributed by atoms with van der Waals surface area (Å²) in [6.07, 6.45) is 3.27. The monoisotopic (exact) mass is 303 g/mol. The smallest absolute Gasteiger partial charge is 0.163 e. The van der Waals surface area contributed by atoms with Gasteiger partial charge in [0.2, 0.25) is 0 Å². The number of hydrogen-bond acceptors (Lipinski definition) is 5. The summed E-state index contributed by atoms with van der Waals surface area (Å²) >= 11 is 5.82. The van der Waals surface area contributed by atoms with Crippen molar-refractivity contribution in [3.8, 4) is 5.75 Å². The molecule has 0 aliphatic rings. The maximum absolute atomic E-state index is 5.82. The largest absolute Gasteiger partial charge is 0.492 e. The first-order valence-electron chi connectivity index (χ1n) is 6.49. The highest BCUT2D eigenvalue weighted by molar-refractivity contribution is 6.30. The average Bonchev–Trinajstić information content (AvgIpc) is 2.88.